The molecule has 1 aliphatic rings. The summed E-state index contributed by atoms with van der Waals surface area (Å²) in [6.45, 7) is 3.81. The zero-order chi connectivity index (χ0) is 13.6. The Morgan fingerprint density at radius 1 is 1.32 bits per heavy atom. The maximum absolute atomic E-state index is 11.1. The number of carboxylic acid groups (broad SMARTS) is 1. The van der Waals surface area contributed by atoms with E-state index >= 15 is 0 Å². The van der Waals surface area contributed by atoms with Crippen molar-refractivity contribution in [1.29, 1.82) is 0 Å². The Hall–Kier alpha value is -2.17. The van der Waals surface area contributed by atoms with Crippen molar-refractivity contribution in [1.82, 2.24) is 10.1 Å². The van der Waals surface area contributed by atoms with Crippen LogP contribution in [0.1, 0.15) is 25.7 Å². The number of hydrogen-bond donors (Lipinski definition) is 1. The normalized spacial score (nSPS) is 24.1. The molecule has 0 amide bonds. The predicted molar refractivity (Wildman–Crippen MR) is 67.4 cm³/mol. The van der Waals surface area contributed by atoms with E-state index in [9.17, 15) is 4.79 Å². The molecule has 1 fully saturated rings. The number of rotatable bonds is 3. The molecular weight excluding hydrogens is 244 g/mol. The lowest BCUT2D eigenvalue weighted by atomic mass is 10.1. The summed E-state index contributed by atoms with van der Waals surface area (Å²) in [5, 5.41) is 13.1. The Balaban J connectivity index is 1.90. The molecular formula is C14H14N2O3. The minimum atomic E-state index is -0.811. The number of benzene rings is 1. The number of aliphatic carboxylic acids is 1. The lowest BCUT2D eigenvalue weighted by Crippen LogP contribution is -2.03. The SMILES string of the molecule is CC1(C)[C@H](C(=O)O)[C@@H]1c1nc(-c2ccccc2)no1. The molecule has 3 rings (SSSR count). The van der Waals surface area contributed by atoms with Crippen molar-refractivity contribution in [2.45, 2.75) is 19.8 Å². The lowest BCUT2D eigenvalue weighted by Gasteiger charge is -1.96. The van der Waals surface area contributed by atoms with Crippen LogP contribution >= 0.6 is 0 Å². The van der Waals surface area contributed by atoms with E-state index in [0.717, 1.165) is 5.56 Å². The molecule has 0 saturated heterocycles. The minimum Gasteiger partial charge on any atom is -0.481 e. The predicted octanol–water partition coefficient (Wildman–Crippen LogP) is 2.56. The molecule has 1 heterocycles. The second kappa shape index (κ2) is 3.91. The molecule has 0 aliphatic heterocycles. The van der Waals surface area contributed by atoms with Gasteiger partial charge < -0.3 is 9.63 Å². The van der Waals surface area contributed by atoms with Crippen LogP contribution in [-0.4, -0.2) is 21.2 Å². The van der Waals surface area contributed by atoms with Crippen LogP contribution < -0.4 is 0 Å². The van der Waals surface area contributed by atoms with Crippen LogP contribution in [-0.2, 0) is 4.79 Å². The topological polar surface area (TPSA) is 76.2 Å². The van der Waals surface area contributed by atoms with Gasteiger partial charge in [0.2, 0.25) is 11.7 Å². The van der Waals surface area contributed by atoms with Gasteiger partial charge in [0.1, 0.15) is 0 Å². The first-order valence-corrected chi connectivity index (χ1v) is 6.13. The molecule has 0 unspecified atom stereocenters. The van der Waals surface area contributed by atoms with Crippen LogP contribution in [0.2, 0.25) is 0 Å². The van der Waals surface area contributed by atoms with Crippen molar-refractivity contribution in [2.75, 3.05) is 0 Å². The quantitative estimate of drug-likeness (QED) is 0.915. The van der Waals surface area contributed by atoms with Crippen LogP contribution in [0.15, 0.2) is 34.9 Å². The highest BCUT2D eigenvalue weighted by molar-refractivity contribution is 5.77. The van der Waals surface area contributed by atoms with Crippen molar-refractivity contribution in [3.8, 4) is 11.4 Å². The van der Waals surface area contributed by atoms with Crippen LogP contribution in [0.3, 0.4) is 0 Å². The van der Waals surface area contributed by atoms with Gasteiger partial charge in [-0.15, -0.1) is 0 Å². The van der Waals surface area contributed by atoms with Gasteiger partial charge in [-0.3, -0.25) is 4.79 Å². The van der Waals surface area contributed by atoms with Crippen molar-refractivity contribution < 1.29 is 14.4 Å². The summed E-state index contributed by atoms with van der Waals surface area (Å²) in [6, 6.07) is 9.48. The van der Waals surface area contributed by atoms with Gasteiger partial charge in [0.05, 0.1) is 11.8 Å². The molecule has 2 atom stereocenters. The fourth-order valence-electron chi connectivity index (χ4n) is 2.63. The summed E-state index contributed by atoms with van der Waals surface area (Å²) >= 11 is 0. The summed E-state index contributed by atoms with van der Waals surface area (Å²) in [5.41, 5.74) is 0.537. The van der Waals surface area contributed by atoms with Crippen molar-refractivity contribution in [3.63, 3.8) is 0 Å². The molecule has 1 N–H and O–H groups in total. The Morgan fingerprint density at radius 3 is 2.58 bits per heavy atom. The van der Waals surface area contributed by atoms with Gasteiger partial charge in [0, 0.05) is 5.56 Å². The van der Waals surface area contributed by atoms with Gasteiger partial charge in [-0.05, 0) is 5.41 Å². The summed E-state index contributed by atoms with van der Waals surface area (Å²) < 4.78 is 5.23. The molecule has 0 bridgehead atoms. The maximum Gasteiger partial charge on any atom is 0.307 e. The largest absolute Gasteiger partial charge is 0.481 e. The fraction of sp³-hybridized carbons (Fsp3) is 0.357. The summed E-state index contributed by atoms with van der Waals surface area (Å²) in [4.78, 5) is 15.5. The molecule has 0 radical (unpaired) electrons. The average molecular weight is 258 g/mol. The monoisotopic (exact) mass is 258 g/mol. The molecule has 98 valence electrons. The summed E-state index contributed by atoms with van der Waals surface area (Å²) in [7, 11) is 0. The van der Waals surface area contributed by atoms with Gasteiger partial charge in [-0.2, -0.15) is 4.98 Å². The van der Waals surface area contributed by atoms with Crippen LogP contribution in [0.5, 0.6) is 0 Å². The summed E-state index contributed by atoms with van der Waals surface area (Å²) in [5.74, 6) is -0.542. The van der Waals surface area contributed by atoms with E-state index in [1.54, 1.807) is 0 Å². The van der Waals surface area contributed by atoms with Gasteiger partial charge in [-0.1, -0.05) is 49.3 Å². The zero-order valence-electron chi connectivity index (χ0n) is 10.7. The minimum absolute atomic E-state index is 0.199. The molecule has 1 aromatic carbocycles. The van der Waals surface area contributed by atoms with Crippen molar-refractivity contribution >= 4 is 5.97 Å². The standard InChI is InChI=1S/C14H14N2O3/c1-14(2)9(10(14)13(17)18)12-15-11(16-19-12)8-6-4-3-5-7-8/h3-7,9-10H,1-2H3,(H,17,18)/t9-,10+/m1/s1. The number of aromatic nitrogens is 2. The highest BCUT2D eigenvalue weighted by Gasteiger charge is 2.65. The van der Waals surface area contributed by atoms with Gasteiger partial charge >= 0.3 is 5.97 Å². The van der Waals surface area contributed by atoms with Gasteiger partial charge in [0.15, 0.2) is 0 Å². The molecule has 2 aromatic rings. The number of hydrogen-bond acceptors (Lipinski definition) is 4. The molecule has 5 nitrogen and oxygen atoms in total. The molecule has 1 aliphatic carbocycles. The van der Waals surface area contributed by atoms with E-state index in [1.165, 1.54) is 0 Å². The third-order valence-corrected chi connectivity index (χ3v) is 3.83. The first-order chi connectivity index (χ1) is 9.01. The van der Waals surface area contributed by atoms with Crippen molar-refractivity contribution in [2.24, 2.45) is 11.3 Å². The van der Waals surface area contributed by atoms with Crippen LogP contribution in [0, 0.1) is 11.3 Å². The lowest BCUT2D eigenvalue weighted by molar-refractivity contribution is -0.139. The second-order valence-electron chi connectivity index (χ2n) is 5.44. The third-order valence-electron chi connectivity index (χ3n) is 3.83. The van der Waals surface area contributed by atoms with E-state index in [0.29, 0.717) is 11.7 Å². The van der Waals surface area contributed by atoms with E-state index < -0.39 is 11.9 Å². The van der Waals surface area contributed by atoms with Crippen LogP contribution in [0.4, 0.5) is 0 Å². The first-order valence-electron chi connectivity index (χ1n) is 6.13. The van der Waals surface area contributed by atoms with Gasteiger partial charge in [0.25, 0.3) is 0 Å². The highest BCUT2D eigenvalue weighted by atomic mass is 16.5. The van der Waals surface area contributed by atoms with E-state index in [4.69, 9.17) is 9.63 Å². The third kappa shape index (κ3) is 1.82. The smallest absolute Gasteiger partial charge is 0.307 e. The molecule has 19 heavy (non-hydrogen) atoms. The zero-order valence-corrected chi connectivity index (χ0v) is 10.7. The Morgan fingerprint density at radius 2 is 2.00 bits per heavy atom. The van der Waals surface area contributed by atoms with Crippen LogP contribution in [0.25, 0.3) is 11.4 Å². The van der Waals surface area contributed by atoms with Gasteiger partial charge in [-0.25, -0.2) is 0 Å². The molecule has 1 saturated carbocycles. The first kappa shape index (κ1) is 11.9. The van der Waals surface area contributed by atoms with E-state index in [-0.39, 0.29) is 11.3 Å². The van der Waals surface area contributed by atoms with Crippen molar-refractivity contribution in [3.05, 3.63) is 36.2 Å². The Kier molecular flexibility index (Phi) is 2.45. The summed E-state index contributed by atoms with van der Waals surface area (Å²) in [6.07, 6.45) is 0. The second-order valence-corrected chi connectivity index (χ2v) is 5.44. The number of carbonyl (C=O) groups is 1. The molecule has 5 heteroatoms. The maximum atomic E-state index is 11.1. The Labute approximate surface area is 110 Å². The molecule has 1 aromatic heterocycles. The highest BCUT2D eigenvalue weighted by Crippen LogP contribution is 2.64. The van der Waals surface area contributed by atoms with E-state index in [1.807, 2.05) is 44.2 Å². The number of nitrogens with zero attached hydrogens (tertiary/aromatic N) is 2. The fourth-order valence-corrected chi connectivity index (χ4v) is 2.63. The molecule has 0 spiro atoms. The average Bonchev–Trinajstić information content (AvgIpc) is 2.76. The van der Waals surface area contributed by atoms with E-state index in [2.05, 4.69) is 10.1 Å². The number of carboxylic acids is 1. The Bertz CT molecular complexity index is 619.